The molecular formula is C30H23FN6O2. The Bertz CT molecular complexity index is 1790. The molecule has 2 aromatic heterocycles. The molecule has 0 aliphatic carbocycles. The number of para-hydroxylation sites is 2. The van der Waals surface area contributed by atoms with Crippen molar-refractivity contribution >= 4 is 17.7 Å². The molecule has 0 bridgehead atoms. The Morgan fingerprint density at radius 3 is 2.21 bits per heavy atom. The number of benzene rings is 3. The van der Waals surface area contributed by atoms with Crippen molar-refractivity contribution in [2.75, 3.05) is 5.32 Å². The van der Waals surface area contributed by atoms with Gasteiger partial charge in [-0.25, -0.2) is 13.8 Å². The van der Waals surface area contributed by atoms with E-state index in [2.05, 4.69) is 10.4 Å². The fourth-order valence-electron chi connectivity index (χ4n) is 4.24. The van der Waals surface area contributed by atoms with Crippen LogP contribution in [0, 0.1) is 24.1 Å². The Kier molecular flexibility index (Phi) is 6.76. The summed E-state index contributed by atoms with van der Waals surface area (Å²) < 4.78 is 18.3. The number of nitriles is 1. The summed E-state index contributed by atoms with van der Waals surface area (Å²) >= 11 is 0. The van der Waals surface area contributed by atoms with E-state index in [9.17, 15) is 19.2 Å². The monoisotopic (exact) mass is 518 g/mol. The van der Waals surface area contributed by atoms with Crippen LogP contribution in [0.1, 0.15) is 11.3 Å². The molecule has 5 rings (SSSR count). The third kappa shape index (κ3) is 4.91. The second kappa shape index (κ2) is 10.5. The minimum atomic E-state index is -0.735. The highest BCUT2D eigenvalue weighted by Crippen LogP contribution is 2.26. The lowest BCUT2D eigenvalue weighted by Crippen LogP contribution is -2.23. The number of carbonyl (C=O) groups excluding carboxylic acids is 1. The van der Waals surface area contributed by atoms with E-state index in [-0.39, 0.29) is 11.3 Å². The number of hydrogen-bond acceptors (Lipinski definition) is 4. The highest BCUT2D eigenvalue weighted by Gasteiger charge is 2.21. The molecule has 0 saturated carbocycles. The van der Waals surface area contributed by atoms with E-state index in [1.807, 2.05) is 54.6 Å². The van der Waals surface area contributed by atoms with Crippen molar-refractivity contribution in [3.8, 4) is 28.7 Å². The first-order valence-corrected chi connectivity index (χ1v) is 12.1. The fourth-order valence-corrected chi connectivity index (χ4v) is 4.24. The van der Waals surface area contributed by atoms with Crippen molar-refractivity contribution in [3.63, 3.8) is 0 Å². The van der Waals surface area contributed by atoms with Crippen LogP contribution >= 0.6 is 0 Å². The summed E-state index contributed by atoms with van der Waals surface area (Å²) in [5, 5.41) is 17.2. The molecule has 0 fully saturated rings. The first-order valence-electron chi connectivity index (χ1n) is 12.1. The largest absolute Gasteiger partial charge is 0.315 e. The van der Waals surface area contributed by atoms with Crippen LogP contribution in [0.3, 0.4) is 0 Å². The molecule has 0 radical (unpaired) electrons. The molecule has 1 amide bonds. The molecule has 0 spiro atoms. The molecule has 5 aromatic rings. The lowest BCUT2D eigenvalue weighted by Gasteiger charge is -2.07. The van der Waals surface area contributed by atoms with Crippen LogP contribution in [0.15, 0.2) is 101 Å². The molecule has 2 heterocycles. The van der Waals surface area contributed by atoms with Gasteiger partial charge >= 0.3 is 0 Å². The average Bonchev–Trinajstić information content (AvgIpc) is 3.47. The van der Waals surface area contributed by atoms with E-state index >= 15 is 0 Å². The molecule has 1 N–H and O–H groups in total. The van der Waals surface area contributed by atoms with Crippen LogP contribution in [0.2, 0.25) is 0 Å². The lowest BCUT2D eigenvalue weighted by molar-refractivity contribution is -0.112. The minimum absolute atomic E-state index is 0.0752. The number of carbonyl (C=O) groups is 1. The number of amides is 1. The summed E-state index contributed by atoms with van der Waals surface area (Å²) in [5.41, 5.74) is 2.91. The Hall–Kier alpha value is -5.49. The zero-order valence-electron chi connectivity index (χ0n) is 21.2. The van der Waals surface area contributed by atoms with Gasteiger partial charge in [-0.15, -0.1) is 0 Å². The zero-order chi connectivity index (χ0) is 27.5. The second-order valence-electron chi connectivity index (χ2n) is 8.78. The van der Waals surface area contributed by atoms with Gasteiger partial charge in [0.25, 0.3) is 11.5 Å². The van der Waals surface area contributed by atoms with Crippen LogP contribution in [0.4, 0.5) is 10.1 Å². The third-order valence-corrected chi connectivity index (χ3v) is 6.34. The number of aromatic nitrogens is 4. The number of rotatable bonds is 6. The van der Waals surface area contributed by atoms with Gasteiger partial charge in [0.15, 0.2) is 0 Å². The minimum Gasteiger partial charge on any atom is -0.315 e. The summed E-state index contributed by atoms with van der Waals surface area (Å²) in [5.74, 6) is -1.13. The normalized spacial score (nSPS) is 11.3. The van der Waals surface area contributed by atoms with Crippen molar-refractivity contribution < 1.29 is 9.18 Å². The SMILES string of the molecule is Cc1c(NC(=O)C(C#N)=Cc2cn(-c3ccccc3)nc2-c2ccc(F)cc2)c(=O)n(-c2ccccc2)n1C. The maximum absolute atomic E-state index is 13.6. The third-order valence-electron chi connectivity index (χ3n) is 6.34. The molecular weight excluding hydrogens is 495 g/mol. The molecule has 9 heteroatoms. The molecule has 0 atom stereocenters. The van der Waals surface area contributed by atoms with E-state index in [0.29, 0.717) is 28.2 Å². The Balaban J connectivity index is 1.54. The first-order chi connectivity index (χ1) is 18.9. The number of hydrogen-bond donors (Lipinski definition) is 1. The average molecular weight is 519 g/mol. The summed E-state index contributed by atoms with van der Waals surface area (Å²) in [6.45, 7) is 1.71. The van der Waals surface area contributed by atoms with Gasteiger partial charge < -0.3 is 5.32 Å². The van der Waals surface area contributed by atoms with E-state index in [4.69, 9.17) is 0 Å². The van der Waals surface area contributed by atoms with Gasteiger partial charge in [-0.3, -0.25) is 14.3 Å². The topological polar surface area (TPSA) is 97.6 Å². The maximum Gasteiger partial charge on any atom is 0.295 e. The van der Waals surface area contributed by atoms with Gasteiger partial charge in [-0.1, -0.05) is 36.4 Å². The van der Waals surface area contributed by atoms with E-state index in [1.54, 1.807) is 53.8 Å². The Morgan fingerprint density at radius 1 is 0.974 bits per heavy atom. The van der Waals surface area contributed by atoms with Gasteiger partial charge in [0.1, 0.15) is 23.1 Å². The summed E-state index contributed by atoms with van der Waals surface area (Å²) in [7, 11) is 1.72. The number of anilines is 1. The van der Waals surface area contributed by atoms with Crippen LogP contribution < -0.4 is 10.9 Å². The number of halogens is 1. The van der Waals surface area contributed by atoms with Crippen molar-refractivity contribution in [3.05, 3.63) is 124 Å². The molecule has 8 nitrogen and oxygen atoms in total. The number of nitrogens with one attached hydrogen (secondary N) is 1. The quantitative estimate of drug-likeness (QED) is 0.252. The maximum atomic E-state index is 13.6. The Morgan fingerprint density at radius 2 is 1.59 bits per heavy atom. The Labute approximate surface area is 223 Å². The van der Waals surface area contributed by atoms with Crippen molar-refractivity contribution in [2.24, 2.45) is 7.05 Å². The fraction of sp³-hybridized carbons (Fsp3) is 0.0667. The molecule has 0 aliphatic rings. The molecule has 0 aliphatic heterocycles. The number of nitrogens with zero attached hydrogens (tertiary/aromatic N) is 5. The van der Waals surface area contributed by atoms with Crippen molar-refractivity contribution in [1.82, 2.24) is 19.1 Å². The van der Waals surface area contributed by atoms with Gasteiger partial charge in [-0.2, -0.15) is 10.4 Å². The van der Waals surface area contributed by atoms with Gasteiger partial charge in [0.2, 0.25) is 0 Å². The van der Waals surface area contributed by atoms with E-state index < -0.39 is 17.3 Å². The second-order valence-corrected chi connectivity index (χ2v) is 8.78. The molecule has 39 heavy (non-hydrogen) atoms. The predicted octanol–water partition coefficient (Wildman–Crippen LogP) is 5.02. The molecule has 0 unspecified atom stereocenters. The van der Waals surface area contributed by atoms with E-state index in [1.165, 1.54) is 22.9 Å². The lowest BCUT2D eigenvalue weighted by atomic mass is 10.1. The van der Waals surface area contributed by atoms with Crippen molar-refractivity contribution in [2.45, 2.75) is 6.92 Å². The first kappa shape index (κ1) is 25.2. The van der Waals surface area contributed by atoms with Gasteiger partial charge in [0.05, 0.1) is 22.8 Å². The van der Waals surface area contributed by atoms with E-state index in [0.717, 1.165) is 5.69 Å². The summed E-state index contributed by atoms with van der Waals surface area (Å²) in [6, 6.07) is 26.1. The van der Waals surface area contributed by atoms with Crippen LogP contribution in [0.25, 0.3) is 28.7 Å². The predicted molar refractivity (Wildman–Crippen MR) is 147 cm³/mol. The van der Waals surface area contributed by atoms with Crippen LogP contribution in [-0.2, 0) is 11.8 Å². The molecule has 192 valence electrons. The van der Waals surface area contributed by atoms with Gasteiger partial charge in [0, 0.05) is 24.4 Å². The smallest absolute Gasteiger partial charge is 0.295 e. The highest BCUT2D eigenvalue weighted by molar-refractivity contribution is 6.10. The standard InChI is InChI=1S/C30H23FN6O2/c1-20-27(30(39)37(35(20)2)26-11-7-4-8-12-26)33-29(38)22(18-32)17-23-19-36(25-9-5-3-6-10-25)34-28(23)21-13-15-24(31)16-14-21/h3-17,19H,1-2H3,(H,33,38). The van der Waals surface area contributed by atoms with Crippen LogP contribution in [-0.4, -0.2) is 25.1 Å². The zero-order valence-corrected chi connectivity index (χ0v) is 21.2. The van der Waals surface area contributed by atoms with Gasteiger partial charge in [-0.05, 0) is 61.5 Å². The molecule has 3 aromatic carbocycles. The van der Waals surface area contributed by atoms with Crippen LogP contribution in [0.5, 0.6) is 0 Å². The summed E-state index contributed by atoms with van der Waals surface area (Å²) in [4.78, 5) is 26.5. The molecule has 0 saturated heterocycles. The highest BCUT2D eigenvalue weighted by atomic mass is 19.1. The summed E-state index contributed by atoms with van der Waals surface area (Å²) in [6.07, 6.45) is 3.10. The van der Waals surface area contributed by atoms with Crippen molar-refractivity contribution in [1.29, 1.82) is 5.26 Å².